The summed E-state index contributed by atoms with van der Waals surface area (Å²) in [4.78, 5) is 14.4. The van der Waals surface area contributed by atoms with Gasteiger partial charge < -0.3 is 19.5 Å². The fourth-order valence-corrected chi connectivity index (χ4v) is 2.19. The van der Waals surface area contributed by atoms with Crippen molar-refractivity contribution in [1.82, 2.24) is 10.2 Å². The molecular weight excluding hydrogens is 272 g/mol. The van der Waals surface area contributed by atoms with E-state index in [1.165, 1.54) is 0 Å². The largest absolute Gasteiger partial charge is 0.497 e. The van der Waals surface area contributed by atoms with Crippen molar-refractivity contribution in [3.63, 3.8) is 0 Å². The van der Waals surface area contributed by atoms with E-state index in [1.807, 2.05) is 0 Å². The molecule has 1 N–H and O–H groups in total. The van der Waals surface area contributed by atoms with Gasteiger partial charge in [0, 0.05) is 37.8 Å². The quantitative estimate of drug-likeness (QED) is 0.839. The highest BCUT2D eigenvalue weighted by molar-refractivity contribution is 5.95. The molecule has 0 atom stereocenters. The molecule has 2 rings (SSSR count). The lowest BCUT2D eigenvalue weighted by atomic mass is 10.2. The number of ether oxygens (including phenoxy) is 3. The summed E-state index contributed by atoms with van der Waals surface area (Å²) in [6.07, 6.45) is 0. The fraction of sp³-hybridized carbons (Fsp3) is 0.533. The molecule has 0 spiro atoms. The number of nitrogens with zero attached hydrogens (tertiary/aromatic N) is 1. The van der Waals surface area contributed by atoms with Crippen LogP contribution in [0.2, 0.25) is 0 Å². The van der Waals surface area contributed by atoms with Gasteiger partial charge in [-0.05, 0) is 12.1 Å². The Morgan fingerprint density at radius 3 is 2.38 bits per heavy atom. The zero-order chi connectivity index (χ0) is 15.1. The first kappa shape index (κ1) is 15.6. The predicted molar refractivity (Wildman–Crippen MR) is 79.1 cm³/mol. The van der Waals surface area contributed by atoms with Crippen LogP contribution in [0.4, 0.5) is 0 Å². The summed E-state index contributed by atoms with van der Waals surface area (Å²) in [6, 6.07) is 5.14. The number of carbonyl (C=O) groups is 1. The van der Waals surface area contributed by atoms with Crippen molar-refractivity contribution >= 4 is 5.91 Å². The highest BCUT2D eigenvalue weighted by Crippen LogP contribution is 2.22. The number of morpholine rings is 1. The molecule has 1 fully saturated rings. The molecule has 1 aromatic rings. The number of methoxy groups -OCH3 is 2. The number of hydrogen-bond donors (Lipinski definition) is 1. The second-order valence-electron chi connectivity index (χ2n) is 4.81. The van der Waals surface area contributed by atoms with Crippen LogP contribution in [0, 0.1) is 0 Å². The SMILES string of the molecule is COc1cc(OC)cc(C(=O)NCCN2CCOCC2)c1. The van der Waals surface area contributed by atoms with Crippen molar-refractivity contribution in [1.29, 1.82) is 0 Å². The zero-order valence-corrected chi connectivity index (χ0v) is 12.6. The zero-order valence-electron chi connectivity index (χ0n) is 12.6. The Labute approximate surface area is 125 Å². The number of rotatable bonds is 6. The van der Waals surface area contributed by atoms with Gasteiger partial charge in [-0.3, -0.25) is 9.69 Å². The molecule has 0 bridgehead atoms. The van der Waals surface area contributed by atoms with E-state index in [1.54, 1.807) is 32.4 Å². The summed E-state index contributed by atoms with van der Waals surface area (Å²) in [5, 5.41) is 2.92. The smallest absolute Gasteiger partial charge is 0.251 e. The molecule has 0 unspecified atom stereocenters. The van der Waals surface area contributed by atoms with Gasteiger partial charge in [-0.2, -0.15) is 0 Å². The van der Waals surface area contributed by atoms with E-state index in [9.17, 15) is 4.79 Å². The van der Waals surface area contributed by atoms with Crippen molar-refractivity contribution in [3.05, 3.63) is 23.8 Å². The average molecular weight is 294 g/mol. The molecule has 1 heterocycles. The summed E-state index contributed by atoms with van der Waals surface area (Å²) in [7, 11) is 3.13. The molecule has 0 saturated carbocycles. The van der Waals surface area contributed by atoms with Crippen LogP contribution < -0.4 is 14.8 Å². The second-order valence-corrected chi connectivity index (χ2v) is 4.81. The van der Waals surface area contributed by atoms with Crippen molar-refractivity contribution < 1.29 is 19.0 Å². The van der Waals surface area contributed by atoms with E-state index in [4.69, 9.17) is 14.2 Å². The van der Waals surface area contributed by atoms with Crippen molar-refractivity contribution in [2.75, 3.05) is 53.6 Å². The Morgan fingerprint density at radius 1 is 1.19 bits per heavy atom. The normalized spacial score (nSPS) is 15.5. The van der Waals surface area contributed by atoms with Gasteiger partial charge in [0.25, 0.3) is 5.91 Å². The summed E-state index contributed by atoms with van der Waals surface area (Å²) in [5.41, 5.74) is 0.535. The van der Waals surface area contributed by atoms with Gasteiger partial charge in [0.05, 0.1) is 27.4 Å². The van der Waals surface area contributed by atoms with Crippen LogP contribution >= 0.6 is 0 Å². The first-order valence-electron chi connectivity index (χ1n) is 7.04. The van der Waals surface area contributed by atoms with Crippen molar-refractivity contribution in [2.45, 2.75) is 0 Å². The second kappa shape index (κ2) is 7.85. The molecular formula is C15H22N2O4. The van der Waals surface area contributed by atoms with E-state index in [-0.39, 0.29) is 5.91 Å². The molecule has 0 aliphatic carbocycles. The maximum atomic E-state index is 12.2. The lowest BCUT2D eigenvalue weighted by molar-refractivity contribution is 0.0383. The highest BCUT2D eigenvalue weighted by Gasteiger charge is 2.12. The maximum absolute atomic E-state index is 12.2. The van der Waals surface area contributed by atoms with Gasteiger partial charge in [0.2, 0.25) is 0 Å². The monoisotopic (exact) mass is 294 g/mol. The molecule has 1 saturated heterocycles. The molecule has 0 aromatic heterocycles. The van der Waals surface area contributed by atoms with Crippen LogP contribution in [0.15, 0.2) is 18.2 Å². The van der Waals surface area contributed by atoms with E-state index in [0.717, 1.165) is 32.8 Å². The van der Waals surface area contributed by atoms with Gasteiger partial charge in [-0.25, -0.2) is 0 Å². The molecule has 1 aliphatic rings. The number of nitrogens with one attached hydrogen (secondary N) is 1. The van der Waals surface area contributed by atoms with E-state index in [2.05, 4.69) is 10.2 Å². The molecule has 1 aliphatic heterocycles. The van der Waals surface area contributed by atoms with E-state index in [0.29, 0.717) is 23.6 Å². The third kappa shape index (κ3) is 4.61. The first-order valence-corrected chi connectivity index (χ1v) is 7.04. The van der Waals surface area contributed by atoms with Gasteiger partial charge >= 0.3 is 0 Å². The van der Waals surface area contributed by atoms with Crippen LogP contribution in [0.25, 0.3) is 0 Å². The number of amides is 1. The molecule has 21 heavy (non-hydrogen) atoms. The van der Waals surface area contributed by atoms with Gasteiger partial charge in [0.15, 0.2) is 0 Å². The van der Waals surface area contributed by atoms with Gasteiger partial charge in [0.1, 0.15) is 11.5 Å². The minimum atomic E-state index is -0.125. The van der Waals surface area contributed by atoms with E-state index >= 15 is 0 Å². The highest BCUT2D eigenvalue weighted by atomic mass is 16.5. The lowest BCUT2D eigenvalue weighted by Crippen LogP contribution is -2.41. The van der Waals surface area contributed by atoms with Crippen LogP contribution in [-0.2, 0) is 4.74 Å². The van der Waals surface area contributed by atoms with Crippen LogP contribution in [0.1, 0.15) is 10.4 Å². The molecule has 6 heteroatoms. The number of carbonyl (C=O) groups excluding carboxylic acids is 1. The van der Waals surface area contributed by atoms with Crippen LogP contribution in [0.5, 0.6) is 11.5 Å². The minimum Gasteiger partial charge on any atom is -0.497 e. The Morgan fingerprint density at radius 2 is 1.81 bits per heavy atom. The van der Waals surface area contributed by atoms with Crippen molar-refractivity contribution in [3.8, 4) is 11.5 Å². The Balaban J connectivity index is 1.87. The maximum Gasteiger partial charge on any atom is 0.251 e. The molecule has 0 radical (unpaired) electrons. The van der Waals surface area contributed by atoms with Crippen LogP contribution in [0.3, 0.4) is 0 Å². The third-order valence-electron chi connectivity index (χ3n) is 3.43. The molecule has 1 amide bonds. The fourth-order valence-electron chi connectivity index (χ4n) is 2.19. The molecule has 116 valence electrons. The van der Waals surface area contributed by atoms with Crippen LogP contribution in [-0.4, -0.2) is 64.4 Å². The molecule has 1 aromatic carbocycles. The van der Waals surface area contributed by atoms with Crippen molar-refractivity contribution in [2.24, 2.45) is 0 Å². The topological polar surface area (TPSA) is 60.0 Å². The third-order valence-corrected chi connectivity index (χ3v) is 3.43. The number of hydrogen-bond acceptors (Lipinski definition) is 5. The molecule has 6 nitrogen and oxygen atoms in total. The average Bonchev–Trinajstić information content (AvgIpc) is 2.55. The standard InChI is InChI=1S/C15H22N2O4/c1-19-13-9-12(10-14(11-13)20-2)15(18)16-3-4-17-5-7-21-8-6-17/h9-11H,3-8H2,1-2H3,(H,16,18). The lowest BCUT2D eigenvalue weighted by Gasteiger charge is -2.26. The summed E-state index contributed by atoms with van der Waals surface area (Å²) >= 11 is 0. The van der Waals surface area contributed by atoms with Gasteiger partial charge in [-0.1, -0.05) is 0 Å². The predicted octanol–water partition coefficient (Wildman–Crippen LogP) is 0.766. The summed E-state index contributed by atoms with van der Waals surface area (Å²) in [6.45, 7) is 4.81. The summed E-state index contributed by atoms with van der Waals surface area (Å²) < 4.78 is 15.6. The van der Waals surface area contributed by atoms with E-state index < -0.39 is 0 Å². The Hall–Kier alpha value is -1.79. The Bertz CT molecular complexity index is 450. The minimum absolute atomic E-state index is 0.125. The number of benzene rings is 1. The summed E-state index contributed by atoms with van der Waals surface area (Å²) in [5.74, 6) is 1.08. The Kier molecular flexibility index (Phi) is 5.83. The first-order chi connectivity index (χ1) is 10.2. The van der Waals surface area contributed by atoms with Gasteiger partial charge in [-0.15, -0.1) is 0 Å².